The van der Waals surface area contributed by atoms with Crippen molar-refractivity contribution in [3.05, 3.63) is 210 Å². The average molecular weight is 736 g/mol. The number of aliphatic imine (C=N–C) groups is 2. The van der Waals surface area contributed by atoms with E-state index in [2.05, 4.69) is 149 Å². The monoisotopic (exact) mass is 735 g/mol. The molecule has 0 fully saturated rings. The highest BCUT2D eigenvalue weighted by Crippen LogP contribution is 2.44. The van der Waals surface area contributed by atoms with Gasteiger partial charge in [-0.15, -0.1) is 0 Å². The quantitative estimate of drug-likeness (QED) is 0.136. The standard InChI is InChI=1S/C51H37N5O/c52-50(43-25-14-24-42-39-23-9-12-28-46(39)57-49(42)43)54-51(34-16-3-1-4-17-34)53-32-33-15-13-20-36(31-33)56-45-27-11-8-22-38(45)41-30-29-40-37-21-7-10-26-44(37)55(47(40)48(41)56)35-18-5-2-6-19-35/h1-31,39,46H,32H2,(H2,52,53,54). The van der Waals surface area contributed by atoms with Gasteiger partial charge in [0.05, 0.1) is 34.2 Å². The Hall–Kier alpha value is -7.44. The molecule has 0 bridgehead atoms. The van der Waals surface area contributed by atoms with E-state index < -0.39 is 0 Å². The molecule has 3 heterocycles. The van der Waals surface area contributed by atoms with E-state index in [9.17, 15) is 0 Å². The highest BCUT2D eigenvalue weighted by atomic mass is 16.5. The van der Waals surface area contributed by atoms with E-state index in [4.69, 9.17) is 20.5 Å². The van der Waals surface area contributed by atoms with E-state index in [1.807, 2.05) is 48.5 Å². The highest BCUT2D eigenvalue weighted by molar-refractivity contribution is 6.23. The maximum absolute atomic E-state index is 6.83. The summed E-state index contributed by atoms with van der Waals surface area (Å²) < 4.78 is 11.3. The van der Waals surface area contributed by atoms with Gasteiger partial charge in [0.25, 0.3) is 0 Å². The van der Waals surface area contributed by atoms with Crippen LogP contribution in [0.1, 0.15) is 28.2 Å². The number of hydrogen-bond acceptors (Lipinski definition) is 2. The van der Waals surface area contributed by atoms with Crippen molar-refractivity contribution in [3.63, 3.8) is 0 Å². The van der Waals surface area contributed by atoms with Crippen molar-refractivity contribution in [1.29, 1.82) is 0 Å². The number of hydrogen-bond donors (Lipinski definition) is 1. The molecule has 6 nitrogen and oxygen atoms in total. The van der Waals surface area contributed by atoms with E-state index in [0.29, 0.717) is 18.2 Å². The second kappa shape index (κ2) is 13.4. The summed E-state index contributed by atoms with van der Waals surface area (Å²) >= 11 is 0. The minimum Gasteiger partial charge on any atom is -0.484 e. The lowest BCUT2D eigenvalue weighted by Crippen LogP contribution is -2.18. The second-order valence-corrected chi connectivity index (χ2v) is 14.7. The fourth-order valence-electron chi connectivity index (χ4n) is 8.79. The zero-order valence-electron chi connectivity index (χ0n) is 31.0. The van der Waals surface area contributed by atoms with Crippen LogP contribution >= 0.6 is 0 Å². The summed E-state index contributed by atoms with van der Waals surface area (Å²) in [4.78, 5) is 10.1. The Morgan fingerprint density at radius 2 is 1.19 bits per heavy atom. The fraction of sp³-hybridized carbons (Fsp3) is 0.0588. The lowest BCUT2D eigenvalue weighted by molar-refractivity contribution is 0.268. The molecule has 1 aliphatic heterocycles. The first-order valence-electron chi connectivity index (χ1n) is 19.4. The molecule has 6 heteroatoms. The third-order valence-electron chi connectivity index (χ3n) is 11.3. The third kappa shape index (κ3) is 5.40. The number of nitrogens with zero attached hydrogens (tertiary/aromatic N) is 4. The number of fused-ring (bicyclic) bond motifs is 10. The van der Waals surface area contributed by atoms with Crippen LogP contribution < -0.4 is 10.5 Å². The van der Waals surface area contributed by atoms with Crippen LogP contribution in [0.25, 0.3) is 55.0 Å². The van der Waals surface area contributed by atoms with Gasteiger partial charge in [0.1, 0.15) is 17.7 Å². The highest BCUT2D eigenvalue weighted by Gasteiger charge is 2.34. The van der Waals surface area contributed by atoms with E-state index in [0.717, 1.165) is 44.9 Å². The zero-order valence-corrected chi connectivity index (χ0v) is 31.0. The molecule has 2 N–H and O–H groups in total. The molecule has 11 rings (SSSR count). The Bertz CT molecular complexity index is 3150. The number of aromatic nitrogens is 2. The van der Waals surface area contributed by atoms with Gasteiger partial charge in [-0.05, 0) is 54.1 Å². The Kier molecular flexibility index (Phi) is 7.74. The second-order valence-electron chi connectivity index (χ2n) is 14.7. The molecule has 272 valence electrons. The molecule has 0 amide bonds. The molecular formula is C51H37N5O. The third-order valence-corrected chi connectivity index (χ3v) is 11.3. The van der Waals surface area contributed by atoms with Gasteiger partial charge in [-0.3, -0.25) is 4.99 Å². The smallest absolute Gasteiger partial charge is 0.157 e. The maximum atomic E-state index is 6.83. The van der Waals surface area contributed by atoms with Crippen molar-refractivity contribution in [2.24, 2.45) is 15.7 Å². The molecule has 1 aliphatic carbocycles. The van der Waals surface area contributed by atoms with Gasteiger partial charge in [-0.2, -0.15) is 0 Å². The first-order chi connectivity index (χ1) is 28.2. The predicted molar refractivity (Wildman–Crippen MR) is 234 cm³/mol. The zero-order chi connectivity index (χ0) is 37.9. The van der Waals surface area contributed by atoms with E-state index in [1.165, 1.54) is 38.1 Å². The number of rotatable bonds is 6. The molecule has 0 saturated heterocycles. The van der Waals surface area contributed by atoms with Gasteiger partial charge >= 0.3 is 0 Å². The van der Waals surface area contributed by atoms with Crippen LogP contribution in [0.2, 0.25) is 0 Å². The number of nitrogens with two attached hydrogens (primary N) is 1. The van der Waals surface area contributed by atoms with Gasteiger partial charge < -0.3 is 19.6 Å². The Morgan fingerprint density at radius 3 is 1.93 bits per heavy atom. The van der Waals surface area contributed by atoms with Crippen LogP contribution in [0, 0.1) is 0 Å². The van der Waals surface area contributed by atoms with E-state index in [-0.39, 0.29) is 12.0 Å². The first kappa shape index (κ1) is 32.9. The summed E-state index contributed by atoms with van der Waals surface area (Å²) in [5.41, 5.74) is 17.6. The summed E-state index contributed by atoms with van der Waals surface area (Å²) in [6, 6.07) is 57.5. The topological polar surface area (TPSA) is 69.8 Å². The molecule has 2 aromatic heterocycles. The van der Waals surface area contributed by atoms with Crippen molar-refractivity contribution in [2.45, 2.75) is 18.6 Å². The molecule has 9 aromatic rings. The summed E-state index contributed by atoms with van der Waals surface area (Å²) in [6.45, 7) is 0.412. The summed E-state index contributed by atoms with van der Waals surface area (Å²) in [7, 11) is 0. The van der Waals surface area contributed by atoms with Crippen molar-refractivity contribution >= 4 is 55.3 Å². The summed E-state index contributed by atoms with van der Waals surface area (Å²) in [5.74, 6) is 1.89. The van der Waals surface area contributed by atoms with Crippen LogP contribution in [-0.2, 0) is 6.54 Å². The number of ether oxygens (including phenoxy) is 1. The first-order valence-corrected chi connectivity index (χ1v) is 19.4. The molecule has 0 spiro atoms. The molecule has 0 radical (unpaired) electrons. The largest absolute Gasteiger partial charge is 0.484 e. The molecule has 0 saturated carbocycles. The Labute approximate surface area is 329 Å². The molecule has 2 aliphatic rings. The van der Waals surface area contributed by atoms with Crippen molar-refractivity contribution in [3.8, 4) is 17.1 Å². The number of amidine groups is 2. The molecule has 7 aromatic carbocycles. The molecule has 2 atom stereocenters. The minimum atomic E-state index is -0.0409. The van der Waals surface area contributed by atoms with Crippen molar-refractivity contribution in [1.82, 2.24) is 9.13 Å². The average Bonchev–Trinajstić information content (AvgIpc) is 3.94. The number of allylic oxidation sites excluding steroid dienone is 2. The van der Waals surface area contributed by atoms with Crippen LogP contribution in [-0.4, -0.2) is 26.9 Å². The van der Waals surface area contributed by atoms with Gasteiger partial charge in [-0.25, -0.2) is 4.99 Å². The Morgan fingerprint density at radius 1 is 0.579 bits per heavy atom. The van der Waals surface area contributed by atoms with Crippen LogP contribution in [0.5, 0.6) is 5.75 Å². The minimum absolute atomic E-state index is 0.0409. The summed E-state index contributed by atoms with van der Waals surface area (Å²) in [6.07, 6.45) is 8.35. The van der Waals surface area contributed by atoms with Gasteiger partial charge in [0.15, 0.2) is 5.84 Å². The number of para-hydroxylation sites is 4. The Balaban J connectivity index is 1.05. The van der Waals surface area contributed by atoms with Gasteiger partial charge in [0, 0.05) is 50.0 Å². The predicted octanol–water partition coefficient (Wildman–Crippen LogP) is 11.2. The van der Waals surface area contributed by atoms with Gasteiger partial charge in [0.2, 0.25) is 0 Å². The summed E-state index contributed by atoms with van der Waals surface area (Å²) in [5, 5.41) is 4.86. The SMILES string of the molecule is NC(=NC(=NCc1cccc(-n2c3ccccc3c3ccc4c5ccccc5n(-c5ccccc5)c4c32)c1)c1ccccc1)c1cccc2c1OC1C=CC=CC21. The van der Waals surface area contributed by atoms with Crippen LogP contribution in [0.4, 0.5) is 0 Å². The van der Waals surface area contributed by atoms with E-state index >= 15 is 0 Å². The lowest BCUT2D eigenvalue weighted by atomic mass is 9.91. The lowest BCUT2D eigenvalue weighted by Gasteiger charge is -2.14. The number of benzene rings is 7. The van der Waals surface area contributed by atoms with Gasteiger partial charge in [-0.1, -0.05) is 140 Å². The van der Waals surface area contributed by atoms with Crippen molar-refractivity contribution < 1.29 is 4.74 Å². The normalized spacial score (nSPS) is 16.4. The van der Waals surface area contributed by atoms with Crippen molar-refractivity contribution in [2.75, 3.05) is 0 Å². The molecular weight excluding hydrogens is 699 g/mol. The fourth-order valence-corrected chi connectivity index (χ4v) is 8.79. The molecule has 2 unspecified atom stereocenters. The van der Waals surface area contributed by atoms with E-state index in [1.54, 1.807) is 0 Å². The maximum Gasteiger partial charge on any atom is 0.157 e. The molecule has 57 heavy (non-hydrogen) atoms. The van der Waals surface area contributed by atoms with Crippen LogP contribution in [0.3, 0.4) is 0 Å². The van der Waals surface area contributed by atoms with Crippen LogP contribution in [0.15, 0.2) is 198 Å².